The Morgan fingerprint density at radius 1 is 1.12 bits per heavy atom. The van der Waals surface area contributed by atoms with Crippen LogP contribution < -0.4 is 11.5 Å². The predicted octanol–water partition coefficient (Wildman–Crippen LogP) is 2.90. The van der Waals surface area contributed by atoms with Gasteiger partial charge in [0.25, 0.3) is 0 Å². The van der Waals surface area contributed by atoms with Crippen molar-refractivity contribution in [2.24, 2.45) is 16.5 Å². The number of hydrogen-bond acceptors (Lipinski definition) is 1. The van der Waals surface area contributed by atoms with Crippen LogP contribution in [0.15, 0.2) is 41.4 Å². The second kappa shape index (κ2) is 6.49. The fourth-order valence-electron chi connectivity index (χ4n) is 2.91. The van der Waals surface area contributed by atoms with Gasteiger partial charge in [-0.05, 0) is 35.2 Å². The van der Waals surface area contributed by atoms with E-state index < -0.39 is 6.03 Å². The third kappa shape index (κ3) is 3.05. The average molecular weight is 347 g/mol. The quantitative estimate of drug-likeness (QED) is 0.615. The third-order valence-electron chi connectivity index (χ3n) is 4.01. The first-order chi connectivity index (χ1) is 11.5. The molecule has 3 rings (SSSR count). The van der Waals surface area contributed by atoms with Crippen LogP contribution in [-0.4, -0.2) is 23.4 Å². The highest BCUT2D eigenvalue weighted by molar-refractivity contribution is 6.33. The first-order valence-electron chi connectivity index (χ1n) is 7.41. The number of rotatable bonds is 1. The molecule has 1 aliphatic rings. The Morgan fingerprint density at radius 3 is 2.58 bits per heavy atom. The number of carbonyl (C=O) groups is 1. The predicted molar refractivity (Wildman–Crippen MR) is 92.2 cm³/mol. The van der Waals surface area contributed by atoms with Crippen molar-refractivity contribution in [1.29, 1.82) is 0 Å². The maximum Gasteiger partial charge on any atom is 0.347 e. The van der Waals surface area contributed by atoms with Crippen molar-refractivity contribution in [2.45, 2.75) is 13.0 Å². The van der Waals surface area contributed by atoms with Gasteiger partial charge in [0.15, 0.2) is 5.96 Å². The number of fused-ring (bicyclic) bond motifs is 1. The second-order valence-corrected chi connectivity index (χ2v) is 5.93. The molecule has 24 heavy (non-hydrogen) atoms. The largest absolute Gasteiger partial charge is 0.370 e. The Kier molecular flexibility index (Phi) is 4.40. The lowest BCUT2D eigenvalue weighted by molar-refractivity contribution is 0.202. The summed E-state index contributed by atoms with van der Waals surface area (Å²) in [6.45, 7) is 0.578. The molecule has 4 N–H and O–H groups in total. The van der Waals surface area contributed by atoms with Gasteiger partial charge in [-0.2, -0.15) is 4.99 Å². The molecule has 0 aliphatic carbocycles. The molecule has 0 saturated heterocycles. The summed E-state index contributed by atoms with van der Waals surface area (Å²) in [5.41, 5.74) is 13.5. The fourth-order valence-corrected chi connectivity index (χ4v) is 3.15. The van der Waals surface area contributed by atoms with Crippen molar-refractivity contribution in [3.63, 3.8) is 0 Å². The Labute approximate surface area is 143 Å². The van der Waals surface area contributed by atoms with Crippen LogP contribution in [0.3, 0.4) is 0 Å². The molecule has 0 atom stereocenters. The molecule has 0 bridgehead atoms. The van der Waals surface area contributed by atoms with Crippen LogP contribution in [0.4, 0.5) is 9.18 Å². The van der Waals surface area contributed by atoms with Gasteiger partial charge in [-0.25, -0.2) is 9.18 Å². The average Bonchev–Trinajstić information content (AvgIpc) is 2.55. The van der Waals surface area contributed by atoms with Crippen molar-refractivity contribution in [1.82, 2.24) is 4.90 Å². The number of nitrogens with two attached hydrogens (primary N) is 2. The molecular weight excluding hydrogens is 331 g/mol. The minimum Gasteiger partial charge on any atom is -0.370 e. The summed E-state index contributed by atoms with van der Waals surface area (Å²) in [4.78, 5) is 17.1. The maximum atomic E-state index is 14.2. The zero-order chi connectivity index (χ0) is 17.3. The lowest BCUT2D eigenvalue weighted by Crippen LogP contribution is -2.37. The van der Waals surface area contributed by atoms with E-state index in [9.17, 15) is 9.18 Å². The number of aliphatic imine (C=N–C) groups is 1. The summed E-state index contributed by atoms with van der Waals surface area (Å²) >= 11 is 6.28. The smallest absolute Gasteiger partial charge is 0.347 e. The second-order valence-electron chi connectivity index (χ2n) is 5.52. The molecule has 2 aromatic carbocycles. The Morgan fingerprint density at radius 2 is 1.88 bits per heavy atom. The maximum absolute atomic E-state index is 14.2. The lowest BCUT2D eigenvalue weighted by Gasteiger charge is -2.29. The van der Waals surface area contributed by atoms with E-state index in [1.165, 1.54) is 11.0 Å². The van der Waals surface area contributed by atoms with Crippen LogP contribution >= 0.6 is 11.6 Å². The van der Waals surface area contributed by atoms with Crippen LogP contribution in [0, 0.1) is 5.82 Å². The summed E-state index contributed by atoms with van der Waals surface area (Å²) in [5, 5.41) is 0.569. The van der Waals surface area contributed by atoms with Gasteiger partial charge in [0, 0.05) is 23.7 Å². The normalized spacial score (nSPS) is 13.3. The number of amides is 2. The van der Waals surface area contributed by atoms with Gasteiger partial charge in [0.05, 0.1) is 0 Å². The summed E-state index contributed by atoms with van der Waals surface area (Å²) in [6.07, 6.45) is 0.394. The fraction of sp³-hybridized carbons (Fsp3) is 0.176. The number of carbonyl (C=O) groups excluding carboxylic acids is 1. The van der Waals surface area contributed by atoms with Crippen LogP contribution in [0.5, 0.6) is 0 Å². The SMILES string of the molecule is NC(N)=NC(=O)N1CCc2c(F)ccc(-c3ccccc3Cl)c2C1. The van der Waals surface area contributed by atoms with Crippen LogP contribution in [-0.2, 0) is 13.0 Å². The van der Waals surface area contributed by atoms with Gasteiger partial charge in [-0.1, -0.05) is 35.9 Å². The van der Waals surface area contributed by atoms with E-state index in [1.807, 2.05) is 18.2 Å². The van der Waals surface area contributed by atoms with Gasteiger partial charge in [-0.15, -0.1) is 0 Å². The van der Waals surface area contributed by atoms with Crippen molar-refractivity contribution < 1.29 is 9.18 Å². The molecule has 0 unspecified atom stereocenters. The molecule has 2 amide bonds. The van der Waals surface area contributed by atoms with Gasteiger partial charge >= 0.3 is 6.03 Å². The van der Waals surface area contributed by atoms with Crippen molar-refractivity contribution in [3.8, 4) is 11.1 Å². The molecule has 7 heteroatoms. The molecule has 0 radical (unpaired) electrons. The number of guanidine groups is 1. The van der Waals surface area contributed by atoms with Crippen molar-refractivity contribution in [3.05, 3.63) is 58.4 Å². The Bertz CT molecular complexity index is 833. The Hall–Kier alpha value is -2.60. The number of nitrogens with zero attached hydrogens (tertiary/aromatic N) is 2. The van der Waals surface area contributed by atoms with Crippen molar-refractivity contribution >= 4 is 23.6 Å². The van der Waals surface area contributed by atoms with E-state index in [-0.39, 0.29) is 18.3 Å². The number of urea groups is 1. The first kappa shape index (κ1) is 16.3. The monoisotopic (exact) mass is 346 g/mol. The summed E-state index contributed by atoms with van der Waals surface area (Å²) in [5.74, 6) is -0.578. The topological polar surface area (TPSA) is 84.7 Å². The molecule has 0 aromatic heterocycles. The third-order valence-corrected chi connectivity index (χ3v) is 4.34. The highest BCUT2D eigenvalue weighted by atomic mass is 35.5. The van der Waals surface area contributed by atoms with Gasteiger partial charge in [0.2, 0.25) is 0 Å². The molecule has 5 nitrogen and oxygen atoms in total. The minimum absolute atomic E-state index is 0.225. The van der Waals surface area contributed by atoms with E-state index >= 15 is 0 Å². The zero-order valence-corrected chi connectivity index (χ0v) is 13.6. The molecule has 0 fully saturated rings. The van der Waals surface area contributed by atoms with Crippen molar-refractivity contribution in [2.75, 3.05) is 6.54 Å². The summed E-state index contributed by atoms with van der Waals surface area (Å²) in [6, 6.07) is 9.92. The highest BCUT2D eigenvalue weighted by Gasteiger charge is 2.26. The Balaban J connectivity index is 2.06. The van der Waals surface area contributed by atoms with E-state index in [0.717, 1.165) is 16.7 Å². The molecule has 0 saturated carbocycles. The van der Waals surface area contributed by atoms with Gasteiger partial charge in [0.1, 0.15) is 5.82 Å². The van der Waals surface area contributed by atoms with E-state index in [1.54, 1.807) is 12.1 Å². The van der Waals surface area contributed by atoms with Gasteiger partial charge in [-0.3, -0.25) is 0 Å². The highest BCUT2D eigenvalue weighted by Crippen LogP contribution is 2.35. The molecule has 1 heterocycles. The standard InChI is InChI=1S/C17H16ClFN4O/c18-14-4-2-1-3-11(14)10-5-6-15(19)12-7-8-23(9-13(10)12)17(24)22-16(20)21/h1-6H,7-9H2,(H4,20,21,22,24). The van der Waals surface area contributed by atoms with E-state index in [2.05, 4.69) is 4.99 Å². The zero-order valence-electron chi connectivity index (χ0n) is 12.8. The molecule has 1 aliphatic heterocycles. The molecule has 2 aromatic rings. The number of benzene rings is 2. The molecule has 124 valence electrons. The van der Waals surface area contributed by atoms with Crippen LogP contribution in [0.25, 0.3) is 11.1 Å². The number of halogens is 2. The summed E-state index contributed by atoms with van der Waals surface area (Å²) < 4.78 is 14.2. The van der Waals surface area contributed by atoms with Crippen LogP contribution in [0.1, 0.15) is 11.1 Å². The van der Waals surface area contributed by atoms with Crippen LogP contribution in [0.2, 0.25) is 5.02 Å². The van der Waals surface area contributed by atoms with E-state index in [0.29, 0.717) is 23.6 Å². The first-order valence-corrected chi connectivity index (χ1v) is 7.79. The molecular formula is C17H16ClFN4O. The van der Waals surface area contributed by atoms with E-state index in [4.69, 9.17) is 23.1 Å². The molecule has 0 spiro atoms. The number of hydrogen-bond donors (Lipinski definition) is 2. The minimum atomic E-state index is -0.532. The van der Waals surface area contributed by atoms with Gasteiger partial charge < -0.3 is 16.4 Å². The lowest BCUT2D eigenvalue weighted by atomic mass is 9.91. The summed E-state index contributed by atoms with van der Waals surface area (Å²) in [7, 11) is 0.